The van der Waals surface area contributed by atoms with Crippen molar-refractivity contribution in [2.45, 2.75) is 6.92 Å². The molecule has 3 aromatic rings. The Hall–Kier alpha value is -4.33. The fraction of sp³-hybridized carbons (Fsp3) is 0.0435. The van der Waals surface area contributed by atoms with Crippen molar-refractivity contribution in [3.63, 3.8) is 0 Å². The Bertz CT molecular complexity index is 1190. The maximum atomic E-state index is 13.8. The molecule has 0 spiro atoms. The second-order valence-electron chi connectivity index (χ2n) is 6.67. The molecule has 158 valence electrons. The van der Waals surface area contributed by atoms with Gasteiger partial charge in [0.2, 0.25) is 0 Å². The third kappa shape index (κ3) is 5.39. The normalized spacial score (nSPS) is 11.9. The van der Waals surface area contributed by atoms with Gasteiger partial charge in [0.25, 0.3) is 0 Å². The third-order valence-electron chi connectivity index (χ3n) is 4.30. The van der Waals surface area contributed by atoms with Crippen LogP contribution in [0.25, 0.3) is 16.8 Å². The number of guanidine groups is 1. The molecule has 8 heteroatoms. The van der Waals surface area contributed by atoms with Crippen molar-refractivity contribution in [1.29, 1.82) is 0 Å². The first-order valence-electron chi connectivity index (χ1n) is 9.19. The summed E-state index contributed by atoms with van der Waals surface area (Å²) in [6.07, 6.45) is 0. The fourth-order valence-corrected chi connectivity index (χ4v) is 2.82. The molecule has 0 saturated heterocycles. The topological polar surface area (TPSA) is 123 Å². The molecule has 3 aromatic carbocycles. The van der Waals surface area contributed by atoms with E-state index in [1.165, 1.54) is 25.1 Å². The zero-order valence-electron chi connectivity index (χ0n) is 16.7. The van der Waals surface area contributed by atoms with Crippen LogP contribution in [0, 0.1) is 5.82 Å². The zero-order valence-corrected chi connectivity index (χ0v) is 16.7. The lowest BCUT2D eigenvalue weighted by Gasteiger charge is -2.12. The van der Waals surface area contributed by atoms with Gasteiger partial charge in [-0.15, -0.1) is 0 Å². The van der Waals surface area contributed by atoms with Crippen LogP contribution in [0.2, 0.25) is 0 Å². The van der Waals surface area contributed by atoms with Crippen LogP contribution in [0.15, 0.2) is 77.2 Å². The van der Waals surface area contributed by atoms with E-state index in [1.54, 1.807) is 36.4 Å². The summed E-state index contributed by atoms with van der Waals surface area (Å²) in [7, 11) is 0. The van der Waals surface area contributed by atoms with E-state index in [-0.39, 0.29) is 34.7 Å². The highest BCUT2D eigenvalue weighted by Gasteiger charge is 2.10. The van der Waals surface area contributed by atoms with E-state index < -0.39 is 5.82 Å². The van der Waals surface area contributed by atoms with Crippen molar-refractivity contribution in [2.24, 2.45) is 15.7 Å². The van der Waals surface area contributed by atoms with E-state index in [1.807, 2.05) is 0 Å². The van der Waals surface area contributed by atoms with E-state index in [0.29, 0.717) is 11.3 Å². The number of hydrogen-bond acceptors (Lipinski definition) is 4. The van der Waals surface area contributed by atoms with Gasteiger partial charge in [0.1, 0.15) is 28.8 Å². The molecule has 3 rings (SSSR count). The fourth-order valence-electron chi connectivity index (χ4n) is 2.82. The molecule has 0 bridgehead atoms. The molecule has 31 heavy (non-hydrogen) atoms. The Morgan fingerprint density at radius 1 is 0.935 bits per heavy atom. The summed E-state index contributed by atoms with van der Waals surface area (Å²) >= 11 is 0. The standard InChI is InChI=1S/C23H21FN4O3/c1-13(19-11-16(5-10-22(19)31)15-3-6-17(29)7-4-15)26-23(25)28-14(2)27-21-9-8-18(30)12-20(21)24/h3-12,29-31H,1H2,2H3,(H3,25,26,27,28). The summed E-state index contributed by atoms with van der Waals surface area (Å²) in [6, 6.07) is 15.2. The molecule has 0 unspecified atom stereocenters. The number of phenols is 3. The Labute approximate surface area is 178 Å². The molecule has 7 nitrogen and oxygen atoms in total. The lowest BCUT2D eigenvalue weighted by molar-refractivity contribution is 0.469. The van der Waals surface area contributed by atoms with Crippen molar-refractivity contribution < 1.29 is 19.7 Å². The van der Waals surface area contributed by atoms with E-state index in [2.05, 4.69) is 21.9 Å². The molecule has 0 saturated carbocycles. The van der Waals surface area contributed by atoms with Gasteiger partial charge < -0.3 is 26.4 Å². The summed E-state index contributed by atoms with van der Waals surface area (Å²) in [5.74, 6) is -0.637. The molecule has 0 atom stereocenters. The number of nitrogens with one attached hydrogen (secondary N) is 1. The van der Waals surface area contributed by atoms with Gasteiger partial charge in [0.05, 0.1) is 0 Å². The van der Waals surface area contributed by atoms with Crippen LogP contribution >= 0.6 is 0 Å². The van der Waals surface area contributed by atoms with Crippen LogP contribution in [-0.2, 0) is 0 Å². The monoisotopic (exact) mass is 420 g/mol. The van der Waals surface area contributed by atoms with Gasteiger partial charge >= 0.3 is 0 Å². The largest absolute Gasteiger partial charge is 0.508 e. The number of halogens is 1. The van der Waals surface area contributed by atoms with Crippen molar-refractivity contribution in [1.82, 2.24) is 5.32 Å². The number of phenolic OH excluding ortho intramolecular Hbond substituents is 3. The minimum absolute atomic E-state index is 0.00456. The van der Waals surface area contributed by atoms with Gasteiger partial charge in [0, 0.05) is 17.3 Å². The Balaban J connectivity index is 1.79. The first-order valence-corrected chi connectivity index (χ1v) is 9.19. The van der Waals surface area contributed by atoms with Crippen LogP contribution in [0.1, 0.15) is 12.5 Å². The van der Waals surface area contributed by atoms with Crippen LogP contribution < -0.4 is 11.1 Å². The molecular weight excluding hydrogens is 399 g/mol. The number of nitrogens with two attached hydrogens (primary N) is 1. The summed E-state index contributed by atoms with van der Waals surface area (Å²) in [5.41, 5.74) is 8.24. The quantitative estimate of drug-likeness (QED) is 0.319. The predicted molar refractivity (Wildman–Crippen MR) is 120 cm³/mol. The molecule has 0 heterocycles. The minimum atomic E-state index is -0.693. The van der Waals surface area contributed by atoms with Gasteiger partial charge in [-0.1, -0.05) is 24.8 Å². The SMILES string of the molecule is C=C(NC(N)=NC(C)=Nc1ccc(O)cc1F)c1cc(-c2ccc(O)cc2)ccc1O. The molecule has 0 aromatic heterocycles. The number of nitrogens with zero attached hydrogens (tertiary/aromatic N) is 2. The van der Waals surface area contributed by atoms with Crippen LogP contribution in [-0.4, -0.2) is 27.1 Å². The highest BCUT2D eigenvalue weighted by molar-refractivity contribution is 5.98. The Kier molecular flexibility index (Phi) is 6.21. The van der Waals surface area contributed by atoms with E-state index in [9.17, 15) is 19.7 Å². The molecule has 6 N–H and O–H groups in total. The molecule has 0 radical (unpaired) electrons. The second kappa shape index (κ2) is 9.00. The van der Waals surface area contributed by atoms with Gasteiger partial charge in [-0.3, -0.25) is 0 Å². The first-order chi connectivity index (χ1) is 14.7. The third-order valence-corrected chi connectivity index (χ3v) is 4.30. The van der Waals surface area contributed by atoms with Gasteiger partial charge in [-0.25, -0.2) is 14.4 Å². The second-order valence-corrected chi connectivity index (χ2v) is 6.67. The van der Waals surface area contributed by atoms with Crippen LogP contribution in [0.3, 0.4) is 0 Å². The molecular formula is C23H21FN4O3. The number of rotatable bonds is 4. The molecule has 0 aliphatic rings. The smallest absolute Gasteiger partial charge is 0.199 e. The molecule has 0 fully saturated rings. The number of aliphatic imine (C=N–C) groups is 2. The maximum Gasteiger partial charge on any atom is 0.199 e. The van der Waals surface area contributed by atoms with Crippen LogP contribution in [0.5, 0.6) is 17.2 Å². The lowest BCUT2D eigenvalue weighted by Crippen LogP contribution is -2.30. The zero-order chi connectivity index (χ0) is 22.5. The first kappa shape index (κ1) is 21.4. The Morgan fingerprint density at radius 2 is 1.58 bits per heavy atom. The number of aromatic hydroxyl groups is 3. The highest BCUT2D eigenvalue weighted by Crippen LogP contribution is 2.30. The molecule has 0 amide bonds. The van der Waals surface area contributed by atoms with Crippen molar-refractivity contribution in [3.05, 3.63) is 78.6 Å². The van der Waals surface area contributed by atoms with Crippen molar-refractivity contribution in [2.75, 3.05) is 0 Å². The van der Waals surface area contributed by atoms with Crippen molar-refractivity contribution >= 4 is 23.2 Å². The summed E-state index contributed by atoms with van der Waals surface area (Å²) in [4.78, 5) is 8.08. The van der Waals surface area contributed by atoms with Gasteiger partial charge in [-0.05, 0) is 54.4 Å². The molecule has 0 aliphatic heterocycles. The lowest BCUT2D eigenvalue weighted by atomic mass is 10.0. The average molecular weight is 420 g/mol. The Morgan fingerprint density at radius 3 is 2.26 bits per heavy atom. The van der Waals surface area contributed by atoms with Crippen LogP contribution in [0.4, 0.5) is 10.1 Å². The summed E-state index contributed by atoms with van der Waals surface area (Å²) in [6.45, 7) is 5.42. The van der Waals surface area contributed by atoms with E-state index in [0.717, 1.165) is 17.2 Å². The number of amidine groups is 1. The van der Waals surface area contributed by atoms with Crippen molar-refractivity contribution in [3.8, 4) is 28.4 Å². The number of hydrogen-bond donors (Lipinski definition) is 5. The highest BCUT2D eigenvalue weighted by atomic mass is 19.1. The predicted octanol–water partition coefficient (Wildman–Crippen LogP) is 4.23. The van der Waals surface area contributed by atoms with E-state index in [4.69, 9.17) is 5.73 Å². The van der Waals surface area contributed by atoms with Gasteiger partial charge in [0.15, 0.2) is 11.8 Å². The summed E-state index contributed by atoms with van der Waals surface area (Å²) < 4.78 is 13.8. The summed E-state index contributed by atoms with van der Waals surface area (Å²) in [5, 5.41) is 31.7. The number of benzene rings is 3. The van der Waals surface area contributed by atoms with E-state index >= 15 is 0 Å². The van der Waals surface area contributed by atoms with Gasteiger partial charge in [-0.2, -0.15) is 0 Å². The maximum absolute atomic E-state index is 13.8. The average Bonchev–Trinajstić information content (AvgIpc) is 2.71. The molecule has 0 aliphatic carbocycles. The minimum Gasteiger partial charge on any atom is -0.508 e.